The number of hydrogen-bond acceptors (Lipinski definition) is 7. The van der Waals surface area contributed by atoms with Crippen molar-refractivity contribution in [1.29, 1.82) is 0 Å². The van der Waals surface area contributed by atoms with Crippen molar-refractivity contribution in [2.75, 3.05) is 25.1 Å². The van der Waals surface area contributed by atoms with E-state index >= 15 is 0 Å². The molecular formula is C25H40N4O6. The number of fused-ring (bicyclic) bond motifs is 1. The smallest absolute Gasteiger partial charge is 0.407 e. The van der Waals surface area contributed by atoms with E-state index in [0.29, 0.717) is 18.0 Å². The molecule has 2 rings (SSSR count). The monoisotopic (exact) mass is 492 g/mol. The molecule has 1 aromatic rings. The lowest BCUT2D eigenvalue weighted by Gasteiger charge is -2.37. The number of hydroxylamine groups is 2. The van der Waals surface area contributed by atoms with Gasteiger partial charge in [-0.2, -0.15) is 0 Å². The molecule has 0 spiro atoms. The Labute approximate surface area is 207 Å². The van der Waals surface area contributed by atoms with E-state index in [4.69, 9.17) is 10.5 Å². The molecule has 1 aliphatic rings. The highest BCUT2D eigenvalue weighted by molar-refractivity contribution is 5.95. The van der Waals surface area contributed by atoms with E-state index in [0.717, 1.165) is 11.3 Å². The molecule has 3 atom stereocenters. The van der Waals surface area contributed by atoms with E-state index < -0.39 is 35.0 Å². The second kappa shape index (κ2) is 11.4. The lowest BCUT2D eigenvalue weighted by Crippen LogP contribution is -2.51. The number of carbonyl (C=O) groups excluding carboxylic acids is 3. The minimum absolute atomic E-state index is 0.132. The van der Waals surface area contributed by atoms with Crippen LogP contribution in [-0.2, 0) is 20.7 Å². The fourth-order valence-corrected chi connectivity index (χ4v) is 4.29. The van der Waals surface area contributed by atoms with Crippen LogP contribution in [0.15, 0.2) is 24.3 Å². The molecule has 0 aromatic heterocycles. The summed E-state index contributed by atoms with van der Waals surface area (Å²) in [4.78, 5) is 39.0. The molecule has 196 valence electrons. The number of nitrogens with zero attached hydrogens (tertiary/aromatic N) is 2. The maximum Gasteiger partial charge on any atom is 0.407 e. The fourth-order valence-electron chi connectivity index (χ4n) is 4.29. The predicted octanol–water partition coefficient (Wildman–Crippen LogP) is 2.06. The van der Waals surface area contributed by atoms with Gasteiger partial charge < -0.3 is 25.8 Å². The number of hydrogen-bond donors (Lipinski definition) is 4. The van der Waals surface area contributed by atoms with Gasteiger partial charge in [-0.05, 0) is 29.9 Å². The van der Waals surface area contributed by atoms with Gasteiger partial charge in [0.25, 0.3) is 5.91 Å². The molecule has 1 heterocycles. The van der Waals surface area contributed by atoms with Gasteiger partial charge in [0.05, 0.1) is 25.8 Å². The SMILES string of the molecule is COC(=O)NC1Cc2ccccc2N(C(=O)CC(C)(C)C[C@H](N)[C@@H](O)CN(O)C(=O)C(C)(C)C)C1. The molecule has 10 heteroatoms. The summed E-state index contributed by atoms with van der Waals surface area (Å²) in [7, 11) is 1.30. The van der Waals surface area contributed by atoms with Crippen molar-refractivity contribution in [3.05, 3.63) is 29.8 Å². The largest absolute Gasteiger partial charge is 0.453 e. The van der Waals surface area contributed by atoms with Gasteiger partial charge in [0, 0.05) is 30.1 Å². The molecule has 35 heavy (non-hydrogen) atoms. The third kappa shape index (κ3) is 7.91. The van der Waals surface area contributed by atoms with Crippen LogP contribution in [0.5, 0.6) is 0 Å². The van der Waals surface area contributed by atoms with E-state index in [9.17, 15) is 24.7 Å². The van der Waals surface area contributed by atoms with Crippen LogP contribution in [-0.4, -0.2) is 71.7 Å². The normalized spacial score (nSPS) is 17.7. The van der Waals surface area contributed by atoms with Crippen LogP contribution in [0.4, 0.5) is 10.5 Å². The number of nitrogens with one attached hydrogen (secondary N) is 1. The number of amides is 3. The van der Waals surface area contributed by atoms with Crippen molar-refractivity contribution in [3.8, 4) is 0 Å². The Bertz CT molecular complexity index is 913. The standard InChI is InChI=1S/C25H40N4O6/c1-24(2,3)22(32)29(34)15-20(30)18(26)12-25(4,5)13-21(31)28-14-17(27-23(33)35-6)11-16-9-7-8-10-19(16)28/h7-10,17-18,20,30,34H,11-15,26H2,1-6H3,(H,27,33)/t17?,18-,20-/m0/s1. The molecule has 0 radical (unpaired) electrons. The summed E-state index contributed by atoms with van der Waals surface area (Å²) in [6.45, 7) is 8.77. The summed E-state index contributed by atoms with van der Waals surface area (Å²) >= 11 is 0. The molecule has 0 aliphatic carbocycles. The van der Waals surface area contributed by atoms with Gasteiger partial charge >= 0.3 is 6.09 Å². The van der Waals surface area contributed by atoms with Gasteiger partial charge in [-0.1, -0.05) is 52.8 Å². The predicted molar refractivity (Wildman–Crippen MR) is 132 cm³/mol. The second-order valence-electron chi connectivity index (χ2n) is 11.1. The van der Waals surface area contributed by atoms with Gasteiger partial charge in [-0.3, -0.25) is 14.8 Å². The number of carbonyl (C=O) groups is 3. The molecule has 0 fully saturated rings. The Kier molecular flexibility index (Phi) is 9.27. The third-order valence-electron chi connectivity index (χ3n) is 6.11. The topological polar surface area (TPSA) is 145 Å². The Hall–Kier alpha value is -2.69. The number of alkyl carbamates (subject to hydrolysis) is 1. The van der Waals surface area contributed by atoms with Crippen LogP contribution in [0.2, 0.25) is 0 Å². The van der Waals surface area contributed by atoms with Crippen molar-refractivity contribution >= 4 is 23.6 Å². The Morgan fingerprint density at radius 2 is 1.86 bits per heavy atom. The number of nitrogens with two attached hydrogens (primary N) is 1. The zero-order chi connectivity index (χ0) is 26.6. The maximum absolute atomic E-state index is 13.4. The van der Waals surface area contributed by atoms with Gasteiger partial charge in [0.15, 0.2) is 0 Å². The van der Waals surface area contributed by atoms with Crippen LogP contribution >= 0.6 is 0 Å². The average molecular weight is 493 g/mol. The molecule has 0 bridgehead atoms. The number of ether oxygens (including phenoxy) is 1. The van der Waals surface area contributed by atoms with Crippen molar-refractivity contribution in [1.82, 2.24) is 10.4 Å². The van der Waals surface area contributed by atoms with Crippen LogP contribution in [0, 0.1) is 10.8 Å². The summed E-state index contributed by atoms with van der Waals surface area (Å²) in [5.74, 6) is -0.649. The molecular weight excluding hydrogens is 452 g/mol. The minimum atomic E-state index is -1.16. The van der Waals surface area contributed by atoms with Gasteiger partial charge in [0.2, 0.25) is 5.91 Å². The molecule has 0 saturated carbocycles. The zero-order valence-electron chi connectivity index (χ0n) is 21.6. The van der Waals surface area contributed by atoms with E-state index in [1.165, 1.54) is 7.11 Å². The first-order valence-corrected chi connectivity index (χ1v) is 11.8. The molecule has 1 aromatic carbocycles. The molecule has 1 unspecified atom stereocenters. The second-order valence-corrected chi connectivity index (χ2v) is 11.1. The maximum atomic E-state index is 13.4. The lowest BCUT2D eigenvalue weighted by atomic mass is 9.80. The van der Waals surface area contributed by atoms with E-state index in [1.54, 1.807) is 25.7 Å². The first kappa shape index (κ1) is 28.5. The van der Waals surface area contributed by atoms with Crippen molar-refractivity contribution in [3.63, 3.8) is 0 Å². The Morgan fingerprint density at radius 3 is 2.46 bits per heavy atom. The first-order chi connectivity index (χ1) is 16.1. The first-order valence-electron chi connectivity index (χ1n) is 11.8. The summed E-state index contributed by atoms with van der Waals surface area (Å²) in [6.07, 6.45) is -0.691. The van der Waals surface area contributed by atoms with Gasteiger partial charge in [-0.15, -0.1) is 0 Å². The molecule has 3 amide bonds. The summed E-state index contributed by atoms with van der Waals surface area (Å²) in [5.41, 5.74) is 6.57. The number of anilines is 1. The number of para-hydroxylation sites is 1. The fraction of sp³-hybridized carbons (Fsp3) is 0.640. The summed E-state index contributed by atoms with van der Waals surface area (Å²) in [5, 5.41) is 23.8. The van der Waals surface area contributed by atoms with Crippen LogP contribution in [0.1, 0.15) is 53.0 Å². The van der Waals surface area contributed by atoms with Crippen molar-refractivity contribution in [2.45, 2.75) is 72.1 Å². The van der Waals surface area contributed by atoms with Crippen LogP contribution in [0.25, 0.3) is 0 Å². The Morgan fingerprint density at radius 1 is 1.23 bits per heavy atom. The highest BCUT2D eigenvalue weighted by atomic mass is 16.5. The number of aliphatic hydroxyl groups excluding tert-OH is 1. The number of benzene rings is 1. The average Bonchev–Trinajstić information content (AvgIpc) is 2.76. The molecule has 0 saturated heterocycles. The molecule has 10 nitrogen and oxygen atoms in total. The van der Waals surface area contributed by atoms with Crippen molar-refractivity contribution < 1.29 is 29.4 Å². The quantitative estimate of drug-likeness (QED) is 0.321. The minimum Gasteiger partial charge on any atom is -0.453 e. The van der Waals surface area contributed by atoms with Gasteiger partial charge in [-0.25, -0.2) is 9.86 Å². The van der Waals surface area contributed by atoms with Crippen LogP contribution < -0.4 is 16.0 Å². The molecule has 5 N–H and O–H groups in total. The van der Waals surface area contributed by atoms with E-state index in [2.05, 4.69) is 5.32 Å². The summed E-state index contributed by atoms with van der Waals surface area (Å²) < 4.78 is 4.71. The third-order valence-corrected chi connectivity index (χ3v) is 6.11. The number of methoxy groups -OCH3 is 1. The number of rotatable bonds is 8. The number of aliphatic hydroxyl groups is 1. The lowest BCUT2D eigenvalue weighted by molar-refractivity contribution is -0.180. The van der Waals surface area contributed by atoms with E-state index in [-0.39, 0.29) is 31.3 Å². The van der Waals surface area contributed by atoms with Crippen molar-refractivity contribution in [2.24, 2.45) is 16.6 Å². The molecule has 1 aliphatic heterocycles. The van der Waals surface area contributed by atoms with E-state index in [1.807, 2.05) is 38.1 Å². The summed E-state index contributed by atoms with van der Waals surface area (Å²) in [6, 6.07) is 6.52. The van der Waals surface area contributed by atoms with Crippen LogP contribution in [0.3, 0.4) is 0 Å². The highest BCUT2D eigenvalue weighted by Crippen LogP contribution is 2.33. The van der Waals surface area contributed by atoms with Gasteiger partial charge in [0.1, 0.15) is 0 Å². The highest BCUT2D eigenvalue weighted by Gasteiger charge is 2.35. The Balaban J connectivity index is 2.06. The zero-order valence-corrected chi connectivity index (χ0v) is 21.6.